The molecule has 0 saturated carbocycles. The van der Waals surface area contributed by atoms with E-state index in [1.165, 1.54) is 17.0 Å². The molecular formula is C24H26FN3O3. The van der Waals surface area contributed by atoms with Gasteiger partial charge < -0.3 is 14.5 Å². The first kappa shape index (κ1) is 21.1. The first-order valence-electron chi connectivity index (χ1n) is 10.6. The molecule has 0 bridgehead atoms. The maximum atomic E-state index is 13.5. The number of rotatable bonds is 6. The molecule has 0 aromatic heterocycles. The van der Waals surface area contributed by atoms with Gasteiger partial charge in [-0.2, -0.15) is 0 Å². The second-order valence-corrected chi connectivity index (χ2v) is 7.46. The van der Waals surface area contributed by atoms with Crippen LogP contribution in [-0.2, 0) is 14.3 Å². The van der Waals surface area contributed by atoms with E-state index in [0.717, 1.165) is 18.8 Å². The lowest BCUT2D eigenvalue weighted by Crippen LogP contribution is -2.40. The number of imide groups is 1. The number of anilines is 2. The molecule has 31 heavy (non-hydrogen) atoms. The van der Waals surface area contributed by atoms with E-state index in [9.17, 15) is 14.0 Å². The quantitative estimate of drug-likeness (QED) is 0.668. The largest absolute Gasteiger partial charge is 0.378 e. The lowest BCUT2D eigenvalue weighted by atomic mass is 10.0. The van der Waals surface area contributed by atoms with Crippen LogP contribution in [0.3, 0.4) is 0 Å². The molecule has 2 aromatic carbocycles. The van der Waals surface area contributed by atoms with Crippen LogP contribution in [0.2, 0.25) is 0 Å². The van der Waals surface area contributed by atoms with Gasteiger partial charge in [-0.3, -0.25) is 9.59 Å². The van der Waals surface area contributed by atoms with Crippen molar-refractivity contribution in [3.8, 4) is 0 Å². The molecule has 2 aromatic rings. The van der Waals surface area contributed by atoms with E-state index in [1.54, 1.807) is 24.3 Å². The van der Waals surface area contributed by atoms with Crippen molar-refractivity contribution >= 4 is 28.8 Å². The van der Waals surface area contributed by atoms with Crippen molar-refractivity contribution in [1.82, 2.24) is 4.90 Å². The van der Waals surface area contributed by atoms with E-state index in [0.29, 0.717) is 48.8 Å². The molecule has 7 heteroatoms. The Hall–Kier alpha value is -3.19. The van der Waals surface area contributed by atoms with Gasteiger partial charge in [0.1, 0.15) is 11.5 Å². The third-order valence-electron chi connectivity index (χ3n) is 5.76. The topological polar surface area (TPSA) is 53.1 Å². The molecule has 2 aliphatic rings. The molecule has 6 nitrogen and oxygen atoms in total. The van der Waals surface area contributed by atoms with Crippen molar-refractivity contribution in [3.05, 3.63) is 65.6 Å². The highest BCUT2D eigenvalue weighted by molar-refractivity contribution is 6.45. The van der Waals surface area contributed by atoms with E-state index >= 15 is 0 Å². The number of hydrogen-bond donors (Lipinski definition) is 0. The van der Waals surface area contributed by atoms with E-state index in [1.807, 2.05) is 17.0 Å². The predicted molar refractivity (Wildman–Crippen MR) is 118 cm³/mol. The van der Waals surface area contributed by atoms with Crippen LogP contribution in [0.4, 0.5) is 15.8 Å². The number of carbonyl (C=O) groups is 2. The van der Waals surface area contributed by atoms with Gasteiger partial charge in [0.15, 0.2) is 0 Å². The highest BCUT2D eigenvalue weighted by Crippen LogP contribution is 2.35. The van der Waals surface area contributed by atoms with Crippen LogP contribution in [0.1, 0.15) is 19.4 Å². The first-order valence-corrected chi connectivity index (χ1v) is 10.6. The predicted octanol–water partition coefficient (Wildman–Crippen LogP) is 3.29. The number of benzene rings is 2. The van der Waals surface area contributed by atoms with Crippen molar-refractivity contribution in [2.75, 3.05) is 49.2 Å². The SMILES string of the molecule is CCN(CC)c1ccc(N2C(=O)C(c3ccc(F)cc3)=C(N3CCOCC3)C2=O)cc1. The minimum atomic E-state index is -0.395. The molecule has 2 amide bonds. The minimum absolute atomic E-state index is 0.305. The Bertz CT molecular complexity index is 992. The van der Waals surface area contributed by atoms with E-state index < -0.39 is 11.7 Å². The van der Waals surface area contributed by atoms with Crippen LogP contribution >= 0.6 is 0 Å². The molecule has 0 spiro atoms. The zero-order chi connectivity index (χ0) is 22.0. The lowest BCUT2D eigenvalue weighted by Gasteiger charge is -2.29. The van der Waals surface area contributed by atoms with Crippen LogP contribution in [0.5, 0.6) is 0 Å². The standard InChI is InChI=1S/C24H26FN3O3/c1-3-26(4-2)19-9-11-20(12-10-19)28-23(29)21(17-5-7-18(25)8-6-17)22(24(28)30)27-13-15-31-16-14-27/h5-12H,3-4,13-16H2,1-2H3. The minimum Gasteiger partial charge on any atom is -0.378 e. The van der Waals surface area contributed by atoms with E-state index in [-0.39, 0.29) is 5.91 Å². The van der Waals surface area contributed by atoms with Gasteiger partial charge in [-0.15, -0.1) is 0 Å². The fourth-order valence-electron chi connectivity index (χ4n) is 4.11. The molecular weight excluding hydrogens is 397 g/mol. The molecule has 1 fully saturated rings. The average Bonchev–Trinajstić information content (AvgIpc) is 3.06. The Balaban J connectivity index is 1.73. The summed E-state index contributed by atoms with van der Waals surface area (Å²) in [5.74, 6) is -1.15. The number of amides is 2. The molecule has 162 valence electrons. The van der Waals surface area contributed by atoms with Crippen molar-refractivity contribution in [3.63, 3.8) is 0 Å². The third-order valence-corrected chi connectivity index (χ3v) is 5.76. The van der Waals surface area contributed by atoms with Gasteiger partial charge in [-0.1, -0.05) is 12.1 Å². The highest BCUT2D eigenvalue weighted by atomic mass is 19.1. The first-order chi connectivity index (χ1) is 15.0. The Morgan fingerprint density at radius 2 is 1.52 bits per heavy atom. The zero-order valence-electron chi connectivity index (χ0n) is 17.8. The molecule has 0 atom stereocenters. The molecule has 0 aliphatic carbocycles. The van der Waals surface area contributed by atoms with Gasteiger partial charge in [0.25, 0.3) is 11.8 Å². The summed E-state index contributed by atoms with van der Waals surface area (Å²) in [6.07, 6.45) is 0. The summed E-state index contributed by atoms with van der Waals surface area (Å²) in [4.78, 5) is 32.3. The van der Waals surface area contributed by atoms with Crippen molar-refractivity contribution in [1.29, 1.82) is 0 Å². The van der Waals surface area contributed by atoms with Crippen molar-refractivity contribution in [2.24, 2.45) is 0 Å². The Morgan fingerprint density at radius 3 is 2.10 bits per heavy atom. The number of morpholine rings is 1. The van der Waals surface area contributed by atoms with Gasteiger partial charge in [-0.25, -0.2) is 9.29 Å². The monoisotopic (exact) mass is 423 g/mol. The summed E-state index contributed by atoms with van der Waals surface area (Å²) in [5.41, 5.74) is 2.75. The Labute approximate surface area is 181 Å². The number of hydrogen-bond acceptors (Lipinski definition) is 5. The summed E-state index contributed by atoms with van der Waals surface area (Å²) in [6.45, 7) is 7.92. The molecule has 4 rings (SSSR count). The lowest BCUT2D eigenvalue weighted by molar-refractivity contribution is -0.121. The zero-order valence-corrected chi connectivity index (χ0v) is 17.8. The van der Waals surface area contributed by atoms with Crippen LogP contribution in [-0.4, -0.2) is 56.1 Å². The fourth-order valence-corrected chi connectivity index (χ4v) is 4.11. The van der Waals surface area contributed by atoms with Gasteiger partial charge in [0.2, 0.25) is 0 Å². The van der Waals surface area contributed by atoms with Crippen molar-refractivity contribution < 1.29 is 18.7 Å². The molecule has 1 saturated heterocycles. The van der Waals surface area contributed by atoms with Crippen LogP contribution in [0, 0.1) is 5.82 Å². The van der Waals surface area contributed by atoms with Crippen molar-refractivity contribution in [2.45, 2.75) is 13.8 Å². The van der Waals surface area contributed by atoms with Crippen LogP contribution in [0.25, 0.3) is 5.57 Å². The Morgan fingerprint density at radius 1 is 0.903 bits per heavy atom. The number of carbonyl (C=O) groups excluding carboxylic acids is 2. The Kier molecular flexibility index (Phi) is 6.04. The summed E-state index contributed by atoms with van der Waals surface area (Å²) in [6, 6.07) is 13.1. The smallest absolute Gasteiger partial charge is 0.282 e. The number of halogens is 1. The second kappa shape index (κ2) is 8.89. The molecule has 2 aliphatic heterocycles. The summed E-state index contributed by atoms with van der Waals surface area (Å²) in [5, 5.41) is 0. The maximum absolute atomic E-state index is 13.5. The van der Waals surface area contributed by atoms with Gasteiger partial charge in [-0.05, 0) is 55.8 Å². The van der Waals surface area contributed by atoms with Crippen LogP contribution < -0.4 is 9.80 Å². The average molecular weight is 423 g/mol. The molecule has 2 heterocycles. The summed E-state index contributed by atoms with van der Waals surface area (Å²) in [7, 11) is 0. The fraction of sp³-hybridized carbons (Fsp3) is 0.333. The number of nitrogens with zero attached hydrogens (tertiary/aromatic N) is 3. The molecule has 0 unspecified atom stereocenters. The van der Waals surface area contributed by atoms with Gasteiger partial charge >= 0.3 is 0 Å². The third kappa shape index (κ3) is 3.93. The normalized spacial score (nSPS) is 17.0. The molecule has 0 N–H and O–H groups in total. The number of ether oxygens (including phenoxy) is 1. The van der Waals surface area contributed by atoms with E-state index in [4.69, 9.17) is 4.74 Å². The summed E-state index contributed by atoms with van der Waals surface area (Å²) >= 11 is 0. The molecule has 0 radical (unpaired) electrons. The van der Waals surface area contributed by atoms with Gasteiger partial charge in [0, 0.05) is 31.9 Å². The van der Waals surface area contributed by atoms with E-state index in [2.05, 4.69) is 18.7 Å². The highest BCUT2D eigenvalue weighted by Gasteiger charge is 2.42. The van der Waals surface area contributed by atoms with Crippen LogP contribution in [0.15, 0.2) is 54.2 Å². The van der Waals surface area contributed by atoms with Gasteiger partial charge in [0.05, 0.1) is 24.5 Å². The second-order valence-electron chi connectivity index (χ2n) is 7.46. The summed E-state index contributed by atoms with van der Waals surface area (Å²) < 4.78 is 18.9. The maximum Gasteiger partial charge on any atom is 0.282 e.